The molecule has 0 atom stereocenters. The Morgan fingerprint density at radius 3 is 1.16 bits per heavy atom. The van der Waals surface area contributed by atoms with Crippen molar-refractivity contribution in [3.63, 3.8) is 0 Å². The molecule has 2 saturated carbocycles. The highest BCUT2D eigenvalue weighted by Gasteiger charge is 2.42. The molecule has 0 spiro atoms. The van der Waals surface area contributed by atoms with Crippen molar-refractivity contribution in [2.24, 2.45) is 0 Å². The summed E-state index contributed by atoms with van der Waals surface area (Å²) in [6, 6.07) is 47.0. The summed E-state index contributed by atoms with van der Waals surface area (Å²) < 4.78 is 20.7. The van der Waals surface area contributed by atoms with Crippen molar-refractivity contribution in [1.82, 2.24) is 0 Å². The van der Waals surface area contributed by atoms with Gasteiger partial charge in [0.05, 0.1) is 37.9 Å². The first kappa shape index (κ1) is 53.7. The first-order chi connectivity index (χ1) is 34.3. The van der Waals surface area contributed by atoms with E-state index in [1.54, 1.807) is 0 Å². The Morgan fingerprint density at radius 2 is 0.829 bits per heavy atom. The molecule has 4 N–H and O–H groups in total. The lowest BCUT2D eigenvalue weighted by atomic mass is 9.67. The molecule has 0 aliphatic heterocycles. The number of hydrogen-bond acceptors (Lipinski definition) is 9. The summed E-state index contributed by atoms with van der Waals surface area (Å²) in [5.41, 5.74) is 6.31. The van der Waals surface area contributed by atoms with E-state index in [4.69, 9.17) is 12.9 Å². The highest BCUT2D eigenvalue weighted by atomic mass is 32.3. The number of carbonyl (C=O) groups is 2. The van der Waals surface area contributed by atoms with E-state index in [1.165, 1.54) is 49.7 Å². The van der Waals surface area contributed by atoms with Crippen molar-refractivity contribution in [2.75, 3.05) is 67.6 Å². The molecular weight excluding hydrogens is 916 g/mol. The minimum Gasteiger partial charge on any atom is -0.395 e. The first-order valence-electron chi connectivity index (χ1n) is 25.6. The maximum Gasteiger partial charge on any atom is 0.660 e. The van der Waals surface area contributed by atoms with Crippen LogP contribution in [0.1, 0.15) is 137 Å². The molecule has 0 amide bonds. The van der Waals surface area contributed by atoms with Crippen LogP contribution in [0.2, 0.25) is 0 Å². The van der Waals surface area contributed by atoms with Gasteiger partial charge in [0.25, 0.3) is 0 Å². The zero-order valence-corrected chi connectivity index (χ0v) is 42.6. The Hall–Kier alpha value is -4.08. The van der Waals surface area contributed by atoms with Gasteiger partial charge in [0.15, 0.2) is 11.6 Å². The van der Waals surface area contributed by atoms with E-state index in [0.29, 0.717) is 35.8 Å². The molecule has 2 aliphatic carbocycles. The van der Waals surface area contributed by atoms with Gasteiger partial charge < -0.3 is 33.3 Å². The molecule has 9 nitrogen and oxygen atoms in total. The molecule has 5 aromatic carbocycles. The molecule has 0 heterocycles. The fourth-order valence-electron chi connectivity index (χ4n) is 10.8. The zero-order chi connectivity index (χ0) is 49.1. The number of benzene rings is 5. The van der Waals surface area contributed by atoms with E-state index in [9.17, 15) is 30.0 Å². The van der Waals surface area contributed by atoms with Gasteiger partial charge in [0.2, 0.25) is 0 Å². The average molecular weight is 991 g/mol. The van der Waals surface area contributed by atoms with Crippen LogP contribution in [0.5, 0.6) is 0 Å². The number of aliphatic hydroxyl groups excluding tert-OH is 4. The predicted octanol–water partition coefficient (Wildman–Crippen LogP) is 11.1. The molecule has 0 radical (unpaired) electrons. The third-order valence-electron chi connectivity index (χ3n) is 14.6. The lowest BCUT2D eigenvalue weighted by Gasteiger charge is -2.44. The van der Waals surface area contributed by atoms with Gasteiger partial charge >= 0.3 is 7.32 Å². The summed E-state index contributed by atoms with van der Waals surface area (Å²) in [5, 5.41) is 42.6. The molecule has 70 heavy (non-hydrogen) atoms. The lowest BCUT2D eigenvalue weighted by Crippen LogP contribution is -2.39. The summed E-state index contributed by atoms with van der Waals surface area (Å²) in [5.74, 6) is 0.662. The van der Waals surface area contributed by atoms with Crippen molar-refractivity contribution in [2.45, 2.75) is 94.3 Å². The Labute approximate surface area is 420 Å². The topological polar surface area (TPSA) is 143 Å². The third-order valence-corrected chi connectivity index (χ3v) is 21.0. The summed E-state index contributed by atoms with van der Waals surface area (Å²) in [4.78, 5) is 28.7. The number of Topliss-reactive ketones (excluding diaryl/α,β-unsaturated/α-hetero) is 2. The number of rotatable bonds is 28. The van der Waals surface area contributed by atoms with Crippen LogP contribution in [0.15, 0.2) is 140 Å². The number of aliphatic hydroxyl groups is 4. The van der Waals surface area contributed by atoms with Gasteiger partial charge in [-0.2, -0.15) is 0 Å². The summed E-state index contributed by atoms with van der Waals surface area (Å²) >= 11 is 0. The van der Waals surface area contributed by atoms with Gasteiger partial charge in [-0.3, -0.25) is 9.59 Å². The molecule has 0 unspecified atom stereocenters. The van der Waals surface area contributed by atoms with E-state index in [2.05, 4.69) is 97.1 Å². The average Bonchev–Trinajstić information content (AvgIpc) is 3.40. The third kappa shape index (κ3) is 14.1. The van der Waals surface area contributed by atoms with Crippen molar-refractivity contribution in [3.05, 3.63) is 178 Å². The Balaban J connectivity index is 1.20. The van der Waals surface area contributed by atoms with Gasteiger partial charge in [0, 0.05) is 46.2 Å². The maximum atomic E-state index is 14.4. The molecule has 12 heteroatoms. The zero-order valence-electron chi connectivity index (χ0n) is 40.9. The standard InChI is InChI=1S/C58H75BO9S2/c60-36-41-69(42-37-61,45-56(64)51-31-27-49(28-32-51)47-17-6-1-7-18-47)67-59(68-70(43-38-62,44-39-63)46-57(65)52-33-29-50(30-34-52)48-19-8-2-9-20-48)66-40-16-35-58(53-21-10-3-11-22-53,54-23-12-4-13-24-54)55-25-14-5-15-26-55/h3-5,10-15,21-34,47-48,60-63H,1-2,6-9,16-20,35-46H2. The fraction of sp³-hybridized carbons (Fsp3) is 0.448. The summed E-state index contributed by atoms with van der Waals surface area (Å²) in [6.07, 6.45) is 13.0. The van der Waals surface area contributed by atoms with Crippen molar-refractivity contribution < 1.29 is 42.9 Å². The van der Waals surface area contributed by atoms with E-state index in [-0.39, 0.29) is 79.1 Å². The SMILES string of the molecule is O=C(CS(CCO)(CCO)OB(OCCCC(c1ccccc1)(c1ccccc1)c1ccccc1)OS(CCO)(CCO)CC(=O)c1ccc(C2CCCCC2)cc1)c1ccc(C2CCCCC2)cc1. The Morgan fingerprint density at radius 1 is 0.486 bits per heavy atom. The summed E-state index contributed by atoms with van der Waals surface area (Å²) in [7, 11) is -6.79. The smallest absolute Gasteiger partial charge is 0.395 e. The maximum absolute atomic E-state index is 14.4. The van der Waals surface area contributed by atoms with Crippen LogP contribution in [-0.2, 0) is 18.3 Å². The molecule has 0 bridgehead atoms. The monoisotopic (exact) mass is 990 g/mol. The van der Waals surface area contributed by atoms with E-state index < -0.39 is 33.4 Å². The molecule has 0 saturated heterocycles. The molecule has 7 rings (SSSR count). The number of hydrogen-bond donors (Lipinski definition) is 4. The summed E-state index contributed by atoms with van der Waals surface area (Å²) in [6.45, 7) is -1.13. The highest BCUT2D eigenvalue weighted by molar-refractivity contribution is 8.32. The van der Waals surface area contributed by atoms with Crippen LogP contribution in [0, 0.1) is 0 Å². The van der Waals surface area contributed by atoms with Crippen molar-refractivity contribution >= 4 is 39.5 Å². The van der Waals surface area contributed by atoms with Crippen LogP contribution in [0.4, 0.5) is 0 Å². The fourth-order valence-corrected chi connectivity index (χ4v) is 15.9. The van der Waals surface area contributed by atoms with Crippen molar-refractivity contribution in [3.8, 4) is 0 Å². The molecule has 0 aromatic heterocycles. The minimum absolute atomic E-state index is 0.0659. The Kier molecular flexibility index (Phi) is 20.8. The second kappa shape index (κ2) is 27.1. The molecule has 5 aromatic rings. The highest BCUT2D eigenvalue weighted by Crippen LogP contribution is 2.55. The van der Waals surface area contributed by atoms with Crippen LogP contribution in [0.25, 0.3) is 0 Å². The van der Waals surface area contributed by atoms with E-state index in [0.717, 1.165) is 42.4 Å². The molecule has 2 fully saturated rings. The normalized spacial score (nSPS) is 15.7. The van der Waals surface area contributed by atoms with Crippen LogP contribution in [-0.4, -0.2) is 107 Å². The van der Waals surface area contributed by atoms with Crippen LogP contribution >= 0.6 is 20.6 Å². The lowest BCUT2D eigenvalue weighted by molar-refractivity contribution is 0.101. The van der Waals surface area contributed by atoms with Crippen LogP contribution in [0.3, 0.4) is 0 Å². The predicted molar refractivity (Wildman–Crippen MR) is 288 cm³/mol. The van der Waals surface area contributed by atoms with E-state index in [1.807, 2.05) is 42.5 Å². The number of carbonyl (C=O) groups excluding carboxylic acids is 2. The second-order valence-electron chi connectivity index (χ2n) is 19.2. The van der Waals surface area contributed by atoms with Gasteiger partial charge in [-0.05, 0) is 78.2 Å². The second-order valence-corrected chi connectivity index (χ2v) is 25.6. The van der Waals surface area contributed by atoms with E-state index >= 15 is 0 Å². The largest absolute Gasteiger partial charge is 0.660 e. The first-order valence-corrected chi connectivity index (χ1v) is 29.8. The minimum atomic E-state index is -2.66. The quantitative estimate of drug-likeness (QED) is 0.0167. The van der Waals surface area contributed by atoms with Gasteiger partial charge in [0.1, 0.15) is 0 Å². The van der Waals surface area contributed by atoms with Gasteiger partial charge in [-0.25, -0.2) is 0 Å². The Bertz CT molecular complexity index is 2100. The van der Waals surface area contributed by atoms with Crippen LogP contribution < -0.4 is 0 Å². The van der Waals surface area contributed by atoms with Crippen molar-refractivity contribution in [1.29, 1.82) is 0 Å². The van der Waals surface area contributed by atoms with Gasteiger partial charge in [-0.1, -0.05) is 178 Å². The molecule has 2 aliphatic rings. The van der Waals surface area contributed by atoms with Gasteiger partial charge in [-0.15, -0.1) is 20.6 Å². The number of ketones is 2. The molecular formula is C58H75BO9S2. The molecule has 376 valence electrons.